The molecule has 1 N–H and O–H groups in total. The standard InChI is InChI=1S/C18H17N3O4/c1-3-11-25-17-10-5-4-9-16(17)18(22)20-19-13(2)14-7-6-8-15(12-14)21(23)24/h3-10,12H,1,11H2,2H3,(H,20,22)/b19-13+. The van der Waals surface area contributed by atoms with E-state index < -0.39 is 10.8 Å². The summed E-state index contributed by atoms with van der Waals surface area (Å²) in [6.07, 6.45) is 1.58. The van der Waals surface area contributed by atoms with Crippen molar-refractivity contribution in [3.63, 3.8) is 0 Å². The maximum Gasteiger partial charge on any atom is 0.275 e. The molecule has 0 fully saturated rings. The third kappa shape index (κ3) is 4.74. The minimum atomic E-state index is -0.484. The molecule has 0 saturated heterocycles. The molecule has 0 aliphatic carbocycles. The number of nitrogens with zero attached hydrogens (tertiary/aromatic N) is 2. The highest BCUT2D eigenvalue weighted by Crippen LogP contribution is 2.18. The van der Waals surface area contributed by atoms with Gasteiger partial charge in [-0.15, -0.1) is 0 Å². The quantitative estimate of drug-likeness (QED) is 0.362. The molecule has 0 aliphatic heterocycles. The van der Waals surface area contributed by atoms with Gasteiger partial charge in [0.2, 0.25) is 0 Å². The molecule has 7 heteroatoms. The number of ether oxygens (including phenoxy) is 1. The summed E-state index contributed by atoms with van der Waals surface area (Å²) in [5, 5.41) is 14.8. The third-order valence-corrected chi connectivity index (χ3v) is 3.29. The zero-order chi connectivity index (χ0) is 18.2. The number of carbonyl (C=O) groups excluding carboxylic acids is 1. The fraction of sp³-hybridized carbons (Fsp3) is 0.111. The van der Waals surface area contributed by atoms with Gasteiger partial charge in [0.05, 0.1) is 16.2 Å². The lowest BCUT2D eigenvalue weighted by Gasteiger charge is -2.09. The minimum absolute atomic E-state index is 0.0402. The first kappa shape index (κ1) is 17.9. The van der Waals surface area contributed by atoms with Gasteiger partial charge in [-0.25, -0.2) is 5.43 Å². The van der Waals surface area contributed by atoms with Crippen LogP contribution in [0, 0.1) is 10.1 Å². The van der Waals surface area contributed by atoms with Crippen LogP contribution in [0.3, 0.4) is 0 Å². The summed E-state index contributed by atoms with van der Waals surface area (Å²) < 4.78 is 5.44. The van der Waals surface area contributed by atoms with Crippen LogP contribution >= 0.6 is 0 Å². The Hall–Kier alpha value is -3.48. The van der Waals surface area contributed by atoms with Crippen molar-refractivity contribution in [2.24, 2.45) is 5.10 Å². The lowest BCUT2D eigenvalue weighted by atomic mass is 10.1. The summed E-state index contributed by atoms with van der Waals surface area (Å²) in [7, 11) is 0. The van der Waals surface area contributed by atoms with E-state index in [1.54, 1.807) is 49.4 Å². The summed E-state index contributed by atoms with van der Waals surface area (Å²) in [6, 6.07) is 12.8. The number of nitro groups is 1. The van der Waals surface area contributed by atoms with Gasteiger partial charge < -0.3 is 4.74 Å². The van der Waals surface area contributed by atoms with Crippen molar-refractivity contribution in [1.82, 2.24) is 5.43 Å². The predicted molar refractivity (Wildman–Crippen MR) is 94.9 cm³/mol. The number of nitrogens with one attached hydrogen (secondary N) is 1. The van der Waals surface area contributed by atoms with E-state index >= 15 is 0 Å². The number of amides is 1. The Bertz CT molecular complexity index is 831. The number of nitro benzene ring substituents is 1. The number of carbonyl (C=O) groups is 1. The summed E-state index contributed by atoms with van der Waals surface area (Å²) in [4.78, 5) is 22.6. The number of benzene rings is 2. The second-order valence-electron chi connectivity index (χ2n) is 5.04. The minimum Gasteiger partial charge on any atom is -0.489 e. The molecular weight excluding hydrogens is 322 g/mol. The van der Waals surface area contributed by atoms with Crippen LogP contribution < -0.4 is 10.2 Å². The van der Waals surface area contributed by atoms with Gasteiger partial charge in [0, 0.05) is 17.7 Å². The molecule has 0 atom stereocenters. The van der Waals surface area contributed by atoms with Gasteiger partial charge in [-0.05, 0) is 19.1 Å². The summed E-state index contributed by atoms with van der Waals surface area (Å²) >= 11 is 0. The molecule has 128 valence electrons. The first-order valence-corrected chi connectivity index (χ1v) is 7.45. The highest BCUT2D eigenvalue weighted by molar-refractivity contribution is 6.01. The molecule has 2 aromatic carbocycles. The van der Waals surface area contributed by atoms with Gasteiger partial charge in [-0.1, -0.05) is 36.9 Å². The number of hydrazone groups is 1. The van der Waals surface area contributed by atoms with E-state index in [4.69, 9.17) is 4.74 Å². The van der Waals surface area contributed by atoms with Crippen LogP contribution in [0.5, 0.6) is 5.75 Å². The highest BCUT2D eigenvalue weighted by Gasteiger charge is 2.12. The molecule has 2 rings (SSSR count). The molecule has 0 spiro atoms. The molecule has 0 bridgehead atoms. The Morgan fingerprint density at radius 2 is 2.08 bits per heavy atom. The van der Waals surface area contributed by atoms with E-state index in [9.17, 15) is 14.9 Å². The van der Waals surface area contributed by atoms with Crippen molar-refractivity contribution in [1.29, 1.82) is 0 Å². The molecule has 0 heterocycles. The maximum absolute atomic E-state index is 12.3. The van der Waals surface area contributed by atoms with Crippen LogP contribution in [0.1, 0.15) is 22.8 Å². The molecular formula is C18H17N3O4. The molecule has 25 heavy (non-hydrogen) atoms. The van der Waals surface area contributed by atoms with Crippen molar-refractivity contribution in [2.45, 2.75) is 6.92 Å². The van der Waals surface area contributed by atoms with Crippen LogP contribution in [0.2, 0.25) is 0 Å². The van der Waals surface area contributed by atoms with E-state index in [1.807, 2.05) is 0 Å². The average Bonchev–Trinajstić information content (AvgIpc) is 2.64. The average molecular weight is 339 g/mol. The lowest BCUT2D eigenvalue weighted by Crippen LogP contribution is -2.20. The van der Waals surface area contributed by atoms with E-state index in [0.29, 0.717) is 22.6 Å². The Balaban J connectivity index is 2.16. The monoisotopic (exact) mass is 339 g/mol. The van der Waals surface area contributed by atoms with Gasteiger partial charge in [0.1, 0.15) is 12.4 Å². The number of para-hydroxylation sites is 1. The lowest BCUT2D eigenvalue weighted by molar-refractivity contribution is -0.384. The number of hydrogen-bond acceptors (Lipinski definition) is 5. The smallest absolute Gasteiger partial charge is 0.275 e. The van der Waals surface area contributed by atoms with Crippen LogP contribution in [0.4, 0.5) is 5.69 Å². The van der Waals surface area contributed by atoms with Crippen LogP contribution in [0.25, 0.3) is 0 Å². The zero-order valence-electron chi connectivity index (χ0n) is 13.6. The van der Waals surface area contributed by atoms with E-state index in [-0.39, 0.29) is 12.3 Å². The van der Waals surface area contributed by atoms with Crippen molar-refractivity contribution in [2.75, 3.05) is 6.61 Å². The van der Waals surface area contributed by atoms with Crippen LogP contribution in [0.15, 0.2) is 66.3 Å². The fourth-order valence-corrected chi connectivity index (χ4v) is 2.03. The van der Waals surface area contributed by atoms with Gasteiger partial charge in [0.15, 0.2) is 0 Å². The molecule has 0 unspecified atom stereocenters. The Kier molecular flexibility index (Phi) is 6.00. The van der Waals surface area contributed by atoms with Crippen LogP contribution in [-0.2, 0) is 0 Å². The van der Waals surface area contributed by atoms with Crippen molar-refractivity contribution >= 4 is 17.3 Å². The third-order valence-electron chi connectivity index (χ3n) is 3.29. The normalized spacial score (nSPS) is 10.8. The molecule has 1 amide bonds. The Morgan fingerprint density at radius 3 is 2.80 bits per heavy atom. The van der Waals surface area contributed by atoms with E-state index in [2.05, 4.69) is 17.1 Å². The molecule has 0 radical (unpaired) electrons. The Morgan fingerprint density at radius 1 is 1.32 bits per heavy atom. The largest absolute Gasteiger partial charge is 0.489 e. The van der Waals surface area contributed by atoms with Gasteiger partial charge in [0.25, 0.3) is 11.6 Å². The molecule has 2 aromatic rings. The maximum atomic E-state index is 12.3. The topological polar surface area (TPSA) is 93.8 Å². The highest BCUT2D eigenvalue weighted by atomic mass is 16.6. The number of non-ortho nitro benzene ring substituents is 1. The van der Waals surface area contributed by atoms with E-state index in [1.165, 1.54) is 12.1 Å². The summed E-state index contributed by atoms with van der Waals surface area (Å²) in [6.45, 7) is 5.50. The number of hydrogen-bond donors (Lipinski definition) is 1. The first-order valence-electron chi connectivity index (χ1n) is 7.45. The fourth-order valence-electron chi connectivity index (χ4n) is 2.03. The molecule has 0 saturated carbocycles. The van der Waals surface area contributed by atoms with Gasteiger partial charge in [-0.3, -0.25) is 14.9 Å². The van der Waals surface area contributed by atoms with Crippen molar-refractivity contribution < 1.29 is 14.5 Å². The molecule has 7 nitrogen and oxygen atoms in total. The molecule has 0 aromatic heterocycles. The summed E-state index contributed by atoms with van der Waals surface area (Å²) in [5.41, 5.74) is 3.72. The number of rotatable bonds is 7. The zero-order valence-corrected chi connectivity index (χ0v) is 13.6. The van der Waals surface area contributed by atoms with Crippen molar-refractivity contribution in [3.8, 4) is 5.75 Å². The second kappa shape index (κ2) is 8.39. The van der Waals surface area contributed by atoms with Crippen molar-refractivity contribution in [3.05, 3.63) is 82.4 Å². The summed E-state index contributed by atoms with van der Waals surface area (Å²) in [5.74, 6) is -0.0208. The van der Waals surface area contributed by atoms with E-state index in [0.717, 1.165) is 0 Å². The van der Waals surface area contributed by atoms with Gasteiger partial charge >= 0.3 is 0 Å². The molecule has 0 aliphatic rings. The van der Waals surface area contributed by atoms with Gasteiger partial charge in [-0.2, -0.15) is 5.10 Å². The second-order valence-corrected chi connectivity index (χ2v) is 5.04. The first-order chi connectivity index (χ1) is 12.0. The SMILES string of the molecule is C=CCOc1ccccc1C(=O)N/N=C(\C)c1cccc([N+](=O)[O-])c1. The predicted octanol–water partition coefficient (Wildman–Crippen LogP) is 3.31. The Labute approximate surface area is 144 Å². The van der Waals surface area contributed by atoms with Crippen LogP contribution in [-0.4, -0.2) is 23.1 Å².